The first-order valence-electron chi connectivity index (χ1n) is 7.43. The van der Waals surface area contributed by atoms with E-state index >= 15 is 0 Å². The molecule has 2 amide bonds. The van der Waals surface area contributed by atoms with Crippen LogP contribution in [0.4, 0.5) is 4.79 Å². The van der Waals surface area contributed by atoms with Crippen molar-refractivity contribution >= 4 is 12.0 Å². The molecule has 1 aromatic rings. The van der Waals surface area contributed by atoms with E-state index in [2.05, 4.69) is 4.98 Å². The van der Waals surface area contributed by atoms with E-state index in [1.54, 1.807) is 22.2 Å². The number of amides is 2. The van der Waals surface area contributed by atoms with Crippen molar-refractivity contribution in [1.29, 1.82) is 0 Å². The number of carbonyl (C=O) groups is 2. The maximum Gasteiger partial charge on any atom is 0.409 e. The highest BCUT2D eigenvalue weighted by molar-refractivity contribution is 5.96. The molecule has 0 aliphatic carbocycles. The van der Waals surface area contributed by atoms with E-state index in [4.69, 9.17) is 10.5 Å². The Morgan fingerprint density at radius 1 is 1.32 bits per heavy atom. The molecule has 0 aromatic carbocycles. The molecular formula is C15H20N4O3. The fourth-order valence-electron chi connectivity index (χ4n) is 3.10. The Labute approximate surface area is 129 Å². The second-order valence-corrected chi connectivity index (χ2v) is 5.77. The number of aromatic nitrogens is 1. The van der Waals surface area contributed by atoms with Crippen LogP contribution in [-0.2, 0) is 17.7 Å². The van der Waals surface area contributed by atoms with Crippen molar-refractivity contribution in [1.82, 2.24) is 14.8 Å². The Morgan fingerprint density at radius 3 is 2.82 bits per heavy atom. The van der Waals surface area contributed by atoms with Crippen LogP contribution in [0.2, 0.25) is 0 Å². The van der Waals surface area contributed by atoms with E-state index in [-0.39, 0.29) is 18.0 Å². The minimum Gasteiger partial charge on any atom is -0.453 e. The highest BCUT2D eigenvalue weighted by Gasteiger charge is 2.29. The number of nitrogens with two attached hydrogens (primary N) is 1. The standard InChI is InChI=1S/C15H20N4O3/c1-22-15(21)19-5-3-12-10(8-19)6-17-7-13(12)14(20)18-4-2-11(16)9-18/h6-7,11H,2-5,8-9,16H2,1H3. The van der Waals surface area contributed by atoms with E-state index in [1.807, 2.05) is 0 Å². The van der Waals surface area contributed by atoms with Gasteiger partial charge in [0.1, 0.15) is 0 Å². The minimum atomic E-state index is -0.354. The number of rotatable bonds is 1. The molecule has 0 saturated carbocycles. The number of carbonyl (C=O) groups excluding carboxylic acids is 2. The quantitative estimate of drug-likeness (QED) is 0.810. The lowest BCUT2D eigenvalue weighted by Gasteiger charge is -2.29. The van der Waals surface area contributed by atoms with Gasteiger partial charge in [-0.25, -0.2) is 4.79 Å². The highest BCUT2D eigenvalue weighted by Crippen LogP contribution is 2.24. The van der Waals surface area contributed by atoms with Crippen molar-refractivity contribution in [2.45, 2.75) is 25.4 Å². The number of fused-ring (bicyclic) bond motifs is 1. The first kappa shape index (κ1) is 14.8. The van der Waals surface area contributed by atoms with Gasteiger partial charge >= 0.3 is 6.09 Å². The largest absolute Gasteiger partial charge is 0.453 e. The zero-order valence-electron chi connectivity index (χ0n) is 12.6. The molecule has 0 spiro atoms. The summed E-state index contributed by atoms with van der Waals surface area (Å²) in [5.74, 6) is -0.0104. The topological polar surface area (TPSA) is 88.8 Å². The average molecular weight is 304 g/mol. The highest BCUT2D eigenvalue weighted by atomic mass is 16.5. The molecule has 7 heteroatoms. The Balaban J connectivity index is 1.83. The summed E-state index contributed by atoms with van der Waals surface area (Å²) in [5.41, 5.74) is 8.41. The monoisotopic (exact) mass is 304 g/mol. The molecule has 3 rings (SSSR count). The van der Waals surface area contributed by atoms with Gasteiger partial charge in [0.15, 0.2) is 0 Å². The molecule has 1 aromatic heterocycles. The van der Waals surface area contributed by atoms with Crippen molar-refractivity contribution < 1.29 is 14.3 Å². The normalized spacial score (nSPS) is 20.7. The van der Waals surface area contributed by atoms with Crippen molar-refractivity contribution in [2.24, 2.45) is 5.73 Å². The third-order valence-electron chi connectivity index (χ3n) is 4.31. The van der Waals surface area contributed by atoms with Crippen molar-refractivity contribution in [3.8, 4) is 0 Å². The van der Waals surface area contributed by atoms with E-state index in [0.717, 1.165) is 17.5 Å². The van der Waals surface area contributed by atoms with Crippen LogP contribution in [0.5, 0.6) is 0 Å². The molecule has 2 aliphatic rings. The Kier molecular flexibility index (Phi) is 3.98. The van der Waals surface area contributed by atoms with Crippen LogP contribution < -0.4 is 5.73 Å². The summed E-state index contributed by atoms with van der Waals surface area (Å²) in [6.45, 7) is 2.26. The van der Waals surface area contributed by atoms with Gasteiger partial charge in [-0.1, -0.05) is 0 Å². The first-order chi connectivity index (χ1) is 10.6. The maximum absolute atomic E-state index is 12.7. The lowest BCUT2D eigenvalue weighted by atomic mass is 9.96. The summed E-state index contributed by atoms with van der Waals surface area (Å²) >= 11 is 0. The average Bonchev–Trinajstić information content (AvgIpc) is 2.98. The van der Waals surface area contributed by atoms with Gasteiger partial charge < -0.3 is 20.3 Å². The molecule has 1 unspecified atom stereocenters. The lowest BCUT2D eigenvalue weighted by molar-refractivity contribution is 0.0788. The first-order valence-corrected chi connectivity index (χ1v) is 7.43. The molecule has 1 fully saturated rings. The summed E-state index contributed by atoms with van der Waals surface area (Å²) < 4.78 is 4.75. The van der Waals surface area contributed by atoms with Gasteiger partial charge in [0, 0.05) is 38.1 Å². The second-order valence-electron chi connectivity index (χ2n) is 5.77. The van der Waals surface area contributed by atoms with Crippen molar-refractivity contribution in [3.63, 3.8) is 0 Å². The number of methoxy groups -OCH3 is 1. The van der Waals surface area contributed by atoms with Gasteiger partial charge in [0.05, 0.1) is 19.2 Å². The van der Waals surface area contributed by atoms with Gasteiger partial charge in [-0.3, -0.25) is 9.78 Å². The second kappa shape index (κ2) is 5.92. The molecule has 0 bridgehead atoms. The molecule has 2 N–H and O–H groups in total. The molecule has 7 nitrogen and oxygen atoms in total. The fourth-order valence-corrected chi connectivity index (χ4v) is 3.10. The van der Waals surface area contributed by atoms with E-state index in [1.165, 1.54) is 7.11 Å². The third-order valence-corrected chi connectivity index (χ3v) is 4.31. The smallest absolute Gasteiger partial charge is 0.409 e. The van der Waals surface area contributed by atoms with Gasteiger partial charge in [0.25, 0.3) is 5.91 Å². The number of pyridine rings is 1. The van der Waals surface area contributed by atoms with Crippen LogP contribution in [0.3, 0.4) is 0 Å². The summed E-state index contributed by atoms with van der Waals surface area (Å²) in [7, 11) is 1.37. The molecule has 1 atom stereocenters. The molecule has 22 heavy (non-hydrogen) atoms. The number of hydrogen-bond donors (Lipinski definition) is 1. The number of likely N-dealkylation sites (tertiary alicyclic amines) is 1. The summed E-state index contributed by atoms with van der Waals surface area (Å²) in [4.78, 5) is 31.9. The Bertz CT molecular complexity index is 604. The van der Waals surface area contributed by atoms with Gasteiger partial charge in [-0.15, -0.1) is 0 Å². The Morgan fingerprint density at radius 2 is 2.14 bits per heavy atom. The lowest BCUT2D eigenvalue weighted by Crippen LogP contribution is -2.38. The molecule has 0 radical (unpaired) electrons. The maximum atomic E-state index is 12.7. The predicted octanol–water partition coefficient (Wildman–Crippen LogP) is 0.379. The molecular weight excluding hydrogens is 284 g/mol. The van der Waals surface area contributed by atoms with Crippen LogP contribution >= 0.6 is 0 Å². The number of hydrogen-bond acceptors (Lipinski definition) is 5. The van der Waals surface area contributed by atoms with E-state index in [9.17, 15) is 9.59 Å². The van der Waals surface area contributed by atoms with Crippen LogP contribution in [0.1, 0.15) is 27.9 Å². The SMILES string of the molecule is COC(=O)N1CCc2c(cncc2C(=O)N2CCC(N)C2)C1. The minimum absolute atomic E-state index is 0.0104. The van der Waals surface area contributed by atoms with Crippen LogP contribution in [0.15, 0.2) is 12.4 Å². The summed E-state index contributed by atoms with van der Waals surface area (Å²) in [5, 5.41) is 0. The number of ether oxygens (including phenoxy) is 1. The molecule has 1 saturated heterocycles. The molecule has 2 aliphatic heterocycles. The Hall–Kier alpha value is -2.15. The van der Waals surface area contributed by atoms with Crippen molar-refractivity contribution in [3.05, 3.63) is 29.1 Å². The zero-order valence-corrected chi connectivity index (χ0v) is 12.6. The molecule has 3 heterocycles. The van der Waals surface area contributed by atoms with Gasteiger partial charge in [-0.05, 0) is 24.0 Å². The summed E-state index contributed by atoms with van der Waals surface area (Å²) in [6.07, 6.45) is 4.46. The van der Waals surface area contributed by atoms with Gasteiger partial charge in [-0.2, -0.15) is 0 Å². The van der Waals surface area contributed by atoms with Crippen LogP contribution in [0.25, 0.3) is 0 Å². The van der Waals surface area contributed by atoms with Crippen LogP contribution in [-0.4, -0.2) is 59.6 Å². The molecule has 118 valence electrons. The predicted molar refractivity (Wildman–Crippen MR) is 79.3 cm³/mol. The number of nitrogens with zero attached hydrogens (tertiary/aromatic N) is 3. The zero-order chi connectivity index (χ0) is 15.7. The van der Waals surface area contributed by atoms with Gasteiger partial charge in [0.2, 0.25) is 0 Å². The van der Waals surface area contributed by atoms with Crippen LogP contribution in [0, 0.1) is 0 Å². The van der Waals surface area contributed by atoms with E-state index < -0.39 is 0 Å². The van der Waals surface area contributed by atoms with Crippen molar-refractivity contribution in [2.75, 3.05) is 26.7 Å². The third kappa shape index (κ3) is 2.64. The summed E-state index contributed by atoms with van der Waals surface area (Å²) in [6, 6.07) is 0.0614. The van der Waals surface area contributed by atoms with E-state index in [0.29, 0.717) is 38.2 Å². The fraction of sp³-hybridized carbons (Fsp3) is 0.533.